The molecule has 0 aliphatic heterocycles. The molecule has 0 atom stereocenters. The van der Waals surface area contributed by atoms with E-state index in [-0.39, 0.29) is 5.78 Å². The zero-order valence-electron chi connectivity index (χ0n) is 16.1. The highest BCUT2D eigenvalue weighted by atomic mass is 16.1. The first-order valence-electron chi connectivity index (χ1n) is 9.26. The molecule has 2 heterocycles. The number of nitrogens with zero attached hydrogens (tertiary/aromatic N) is 4. The van der Waals surface area contributed by atoms with E-state index in [2.05, 4.69) is 29.2 Å². The van der Waals surface area contributed by atoms with Crippen LogP contribution in [-0.2, 0) is 4.79 Å². The average Bonchev–Trinajstić information content (AvgIpc) is 3.01. The zero-order valence-corrected chi connectivity index (χ0v) is 16.1. The smallest absolute Gasteiger partial charge is 0.183 e. The Labute approximate surface area is 159 Å². The van der Waals surface area contributed by atoms with Crippen LogP contribution in [0.1, 0.15) is 20.8 Å². The van der Waals surface area contributed by atoms with Crippen LogP contribution in [-0.4, -0.2) is 52.2 Å². The zero-order chi connectivity index (χ0) is 19.4. The van der Waals surface area contributed by atoms with Gasteiger partial charge >= 0.3 is 0 Å². The molecule has 2 aromatic heterocycles. The summed E-state index contributed by atoms with van der Waals surface area (Å²) < 4.78 is 1.80. The molecule has 0 fully saturated rings. The molecule has 1 aliphatic rings. The van der Waals surface area contributed by atoms with E-state index >= 15 is 0 Å². The van der Waals surface area contributed by atoms with Gasteiger partial charge in [0.2, 0.25) is 0 Å². The molecule has 3 rings (SSSR count). The van der Waals surface area contributed by atoms with Crippen molar-refractivity contribution in [3.8, 4) is 0 Å². The normalized spacial score (nSPS) is 16.1. The third kappa shape index (κ3) is 4.09. The van der Waals surface area contributed by atoms with Crippen LogP contribution in [0.2, 0.25) is 0 Å². The number of fused-ring (bicyclic) bond motifs is 1. The Hall–Kier alpha value is -2.93. The number of rotatable bonds is 7. The number of carbonyl (C=O) groups excluding carboxylic acids is 1. The molecule has 142 valence electrons. The van der Waals surface area contributed by atoms with Gasteiger partial charge in [0, 0.05) is 25.4 Å². The summed E-state index contributed by atoms with van der Waals surface area (Å²) in [4.78, 5) is 18.9. The van der Waals surface area contributed by atoms with Gasteiger partial charge in [-0.3, -0.25) is 4.79 Å². The number of anilines is 1. The molecule has 1 aliphatic carbocycles. The molecule has 0 aromatic carbocycles. The fourth-order valence-corrected chi connectivity index (χ4v) is 2.99. The molecule has 0 spiro atoms. The van der Waals surface area contributed by atoms with Gasteiger partial charge in [-0.15, -0.1) is 5.10 Å². The fraction of sp³-hybridized carbons (Fsp3) is 0.350. The Bertz CT molecular complexity index is 933. The quantitative estimate of drug-likeness (QED) is 0.735. The van der Waals surface area contributed by atoms with Gasteiger partial charge in [0.05, 0.1) is 16.9 Å². The van der Waals surface area contributed by atoms with E-state index in [0.717, 1.165) is 37.4 Å². The molecule has 3 N–H and O–H groups in total. The van der Waals surface area contributed by atoms with Crippen LogP contribution >= 0.6 is 0 Å². The highest BCUT2D eigenvalue weighted by Crippen LogP contribution is 2.30. The lowest BCUT2D eigenvalue weighted by molar-refractivity contribution is -0.111. The van der Waals surface area contributed by atoms with Gasteiger partial charge in [-0.2, -0.15) is 0 Å². The monoisotopic (exact) mass is 366 g/mol. The van der Waals surface area contributed by atoms with Gasteiger partial charge in [-0.25, -0.2) is 9.51 Å². The Kier molecular flexibility index (Phi) is 5.71. The van der Waals surface area contributed by atoms with E-state index in [1.165, 1.54) is 6.08 Å². The number of pyridine rings is 1. The maximum absolute atomic E-state index is 11.8. The van der Waals surface area contributed by atoms with Crippen LogP contribution < -0.4 is 11.1 Å². The Morgan fingerprint density at radius 3 is 2.78 bits per heavy atom. The second-order valence-corrected chi connectivity index (χ2v) is 6.47. The molecule has 0 radical (unpaired) electrons. The third-order valence-electron chi connectivity index (χ3n) is 4.69. The van der Waals surface area contributed by atoms with Crippen LogP contribution in [0.15, 0.2) is 52.8 Å². The van der Waals surface area contributed by atoms with Crippen molar-refractivity contribution in [1.82, 2.24) is 14.5 Å². The van der Waals surface area contributed by atoms with E-state index in [0.29, 0.717) is 22.8 Å². The van der Waals surface area contributed by atoms with Gasteiger partial charge in [-0.05, 0) is 43.8 Å². The number of likely N-dealkylation sites (N-methyl/N-ethyl adjacent to an activating group) is 1. The summed E-state index contributed by atoms with van der Waals surface area (Å²) in [5, 5.41) is 8.02. The van der Waals surface area contributed by atoms with Gasteiger partial charge < -0.3 is 16.0 Å². The molecular weight excluding hydrogens is 340 g/mol. The van der Waals surface area contributed by atoms with Crippen LogP contribution in [0.25, 0.3) is 5.52 Å². The summed E-state index contributed by atoms with van der Waals surface area (Å²) in [5.41, 5.74) is 9.20. The second kappa shape index (κ2) is 8.18. The molecule has 2 aromatic rings. The number of nitrogens with one attached hydrogen (secondary N) is 1. The Morgan fingerprint density at radius 1 is 1.26 bits per heavy atom. The predicted molar refractivity (Wildman–Crippen MR) is 110 cm³/mol. The van der Waals surface area contributed by atoms with E-state index in [1.807, 2.05) is 24.4 Å². The van der Waals surface area contributed by atoms with E-state index in [4.69, 9.17) is 10.7 Å². The average molecular weight is 366 g/mol. The SMILES string of the molecule is CCN(CC)CCNc1nn2ccccc2c1/N=C1\C=C(C)C(=O)C=C1N. The van der Waals surface area contributed by atoms with Gasteiger partial charge in [0.15, 0.2) is 11.6 Å². The lowest BCUT2D eigenvalue weighted by atomic mass is 10.0. The van der Waals surface area contributed by atoms with Crippen LogP contribution in [0, 0.1) is 0 Å². The van der Waals surface area contributed by atoms with Crippen molar-refractivity contribution >= 4 is 28.5 Å². The first-order chi connectivity index (χ1) is 13.0. The number of hydrogen-bond donors (Lipinski definition) is 2. The van der Waals surface area contributed by atoms with Gasteiger partial charge in [0.25, 0.3) is 0 Å². The molecule has 27 heavy (non-hydrogen) atoms. The maximum atomic E-state index is 11.8. The van der Waals surface area contributed by atoms with Crippen LogP contribution in [0.4, 0.5) is 11.5 Å². The lowest BCUT2D eigenvalue weighted by Crippen LogP contribution is -2.28. The minimum Gasteiger partial charge on any atom is -0.397 e. The highest BCUT2D eigenvalue weighted by molar-refractivity contribution is 6.22. The van der Waals surface area contributed by atoms with Crippen molar-refractivity contribution < 1.29 is 4.79 Å². The molecular formula is C20H26N6O. The maximum Gasteiger partial charge on any atom is 0.183 e. The van der Waals surface area contributed by atoms with Crippen molar-refractivity contribution in [2.75, 3.05) is 31.5 Å². The van der Waals surface area contributed by atoms with Crippen LogP contribution in [0.3, 0.4) is 0 Å². The van der Waals surface area contributed by atoms with Gasteiger partial charge in [0.1, 0.15) is 5.69 Å². The summed E-state index contributed by atoms with van der Waals surface area (Å²) >= 11 is 0. The summed E-state index contributed by atoms with van der Waals surface area (Å²) in [7, 11) is 0. The molecule has 7 heteroatoms. The number of ketones is 1. The molecule has 7 nitrogen and oxygen atoms in total. The molecule has 0 amide bonds. The summed E-state index contributed by atoms with van der Waals surface area (Å²) in [6, 6.07) is 5.84. The van der Waals surface area contributed by atoms with Crippen molar-refractivity contribution in [3.63, 3.8) is 0 Å². The minimum absolute atomic E-state index is 0.0797. The molecule has 0 saturated carbocycles. The minimum atomic E-state index is -0.0797. The Morgan fingerprint density at radius 2 is 2.04 bits per heavy atom. The van der Waals surface area contributed by atoms with Crippen molar-refractivity contribution in [2.24, 2.45) is 10.7 Å². The van der Waals surface area contributed by atoms with Crippen LogP contribution in [0.5, 0.6) is 0 Å². The summed E-state index contributed by atoms with van der Waals surface area (Å²) in [6.45, 7) is 9.78. The molecule has 0 bridgehead atoms. The standard InChI is InChI=1S/C20H26N6O/c1-4-25(5-2)11-9-22-20-19(17-8-6-7-10-26(17)24-20)23-16-12-14(3)18(27)13-15(16)21/h6-8,10,12-13H,4-5,9,11,21H2,1-3H3,(H,22,24)/b23-16+. The van der Waals surface area contributed by atoms with E-state index in [9.17, 15) is 4.79 Å². The fourth-order valence-electron chi connectivity index (χ4n) is 2.99. The predicted octanol–water partition coefficient (Wildman–Crippen LogP) is 2.53. The summed E-state index contributed by atoms with van der Waals surface area (Å²) in [6.07, 6.45) is 5.04. The first-order valence-corrected chi connectivity index (χ1v) is 9.26. The van der Waals surface area contributed by atoms with Crippen molar-refractivity contribution in [2.45, 2.75) is 20.8 Å². The number of nitrogens with two attached hydrogens (primary N) is 1. The lowest BCUT2D eigenvalue weighted by Gasteiger charge is -2.18. The summed E-state index contributed by atoms with van der Waals surface area (Å²) in [5.74, 6) is 0.625. The number of aromatic nitrogens is 2. The number of carbonyl (C=O) groups is 1. The topological polar surface area (TPSA) is 88.0 Å². The number of aliphatic imine (C=N–C) groups is 1. The van der Waals surface area contributed by atoms with E-state index in [1.54, 1.807) is 17.5 Å². The first kappa shape index (κ1) is 18.8. The Balaban J connectivity index is 1.95. The van der Waals surface area contributed by atoms with Crippen molar-refractivity contribution in [1.29, 1.82) is 0 Å². The largest absolute Gasteiger partial charge is 0.397 e. The number of hydrogen-bond acceptors (Lipinski definition) is 6. The third-order valence-corrected chi connectivity index (χ3v) is 4.69. The molecule has 0 saturated heterocycles. The van der Waals surface area contributed by atoms with Gasteiger partial charge in [-0.1, -0.05) is 19.9 Å². The second-order valence-electron chi connectivity index (χ2n) is 6.47. The van der Waals surface area contributed by atoms with E-state index < -0.39 is 0 Å². The molecule has 0 unspecified atom stereocenters. The number of allylic oxidation sites excluding steroid dienone is 3. The highest BCUT2D eigenvalue weighted by Gasteiger charge is 2.17. The van der Waals surface area contributed by atoms with Crippen molar-refractivity contribution in [3.05, 3.63) is 47.8 Å².